The monoisotopic (exact) mass is 333 g/mol. The number of aryl methyl sites for hydroxylation is 1. The topological polar surface area (TPSA) is 56.6 Å². The molecule has 1 amide bonds. The number of methoxy groups -OCH3 is 1. The van der Waals surface area contributed by atoms with Gasteiger partial charge in [-0.1, -0.05) is 0 Å². The third kappa shape index (κ3) is 3.26. The second kappa shape index (κ2) is 6.60. The third-order valence-electron chi connectivity index (χ3n) is 4.36. The minimum Gasteiger partial charge on any atom is -0.491 e. The van der Waals surface area contributed by atoms with Gasteiger partial charge in [-0.25, -0.2) is 9.37 Å². The number of hydrogen-bond acceptors (Lipinski definition) is 4. The zero-order chi connectivity index (χ0) is 17.2. The van der Waals surface area contributed by atoms with Crippen LogP contribution in [0, 0.1) is 5.82 Å². The highest BCUT2D eigenvalue weighted by Crippen LogP contribution is 2.27. The molecule has 1 atom stereocenters. The average Bonchev–Trinajstić information content (AvgIpc) is 3.21. The fourth-order valence-corrected chi connectivity index (χ4v) is 2.82. The lowest BCUT2D eigenvalue weighted by molar-refractivity contribution is -0.0343. The van der Waals surface area contributed by atoms with Gasteiger partial charge in [0.15, 0.2) is 5.82 Å². The Morgan fingerprint density at radius 1 is 1.38 bits per heavy atom. The third-order valence-corrected chi connectivity index (χ3v) is 4.36. The number of benzene rings is 1. The molecule has 0 unspecified atom stereocenters. The first-order valence-corrected chi connectivity index (χ1v) is 7.73. The van der Waals surface area contributed by atoms with Gasteiger partial charge in [0.2, 0.25) is 0 Å². The normalized spacial score (nSPS) is 20.4. The molecule has 24 heavy (non-hydrogen) atoms. The standard InChI is InChI=1S/C17H20FN3O3/c1-20-10-8-19-15(20)16(22)21-9-7-17(11-21,23-2)12-24-14-5-3-13(18)4-6-14/h3-6,8,10H,7,9,11-12H2,1-2H3/t17-/m0/s1. The number of imidazole rings is 1. The molecule has 6 nitrogen and oxygen atoms in total. The van der Waals surface area contributed by atoms with Gasteiger partial charge in [0, 0.05) is 33.1 Å². The zero-order valence-electron chi connectivity index (χ0n) is 13.7. The molecule has 1 aliphatic heterocycles. The van der Waals surface area contributed by atoms with Crippen LogP contribution in [-0.4, -0.2) is 52.8 Å². The van der Waals surface area contributed by atoms with Crippen LogP contribution in [0.5, 0.6) is 5.75 Å². The molecule has 0 aliphatic carbocycles. The summed E-state index contributed by atoms with van der Waals surface area (Å²) in [6, 6.07) is 5.84. The summed E-state index contributed by atoms with van der Waals surface area (Å²) in [5, 5.41) is 0. The molecule has 1 fully saturated rings. The van der Waals surface area contributed by atoms with E-state index in [-0.39, 0.29) is 11.7 Å². The maximum absolute atomic E-state index is 12.9. The van der Waals surface area contributed by atoms with Gasteiger partial charge in [-0.05, 0) is 30.7 Å². The Labute approximate surface area is 139 Å². The molecule has 128 valence electrons. The summed E-state index contributed by atoms with van der Waals surface area (Å²) in [4.78, 5) is 18.4. The predicted octanol–water partition coefficient (Wildman–Crippen LogP) is 1.87. The van der Waals surface area contributed by atoms with Crippen LogP contribution < -0.4 is 4.74 Å². The number of rotatable bonds is 5. The van der Waals surface area contributed by atoms with E-state index in [2.05, 4.69) is 4.98 Å². The van der Waals surface area contributed by atoms with Crippen LogP contribution in [0.25, 0.3) is 0 Å². The summed E-state index contributed by atoms with van der Waals surface area (Å²) < 4.78 is 26.0. The molecule has 7 heteroatoms. The Hall–Kier alpha value is -2.41. The van der Waals surface area contributed by atoms with Gasteiger partial charge in [0.25, 0.3) is 5.91 Å². The van der Waals surface area contributed by atoms with Gasteiger partial charge in [0.1, 0.15) is 23.8 Å². The maximum atomic E-state index is 12.9. The van der Waals surface area contributed by atoms with Crippen molar-refractivity contribution in [2.75, 3.05) is 26.8 Å². The molecular weight excluding hydrogens is 313 g/mol. The fraction of sp³-hybridized carbons (Fsp3) is 0.412. The van der Waals surface area contributed by atoms with E-state index in [4.69, 9.17) is 9.47 Å². The fourth-order valence-electron chi connectivity index (χ4n) is 2.82. The Kier molecular flexibility index (Phi) is 4.53. The smallest absolute Gasteiger partial charge is 0.289 e. The quantitative estimate of drug-likeness (QED) is 0.838. The van der Waals surface area contributed by atoms with Crippen molar-refractivity contribution in [1.29, 1.82) is 0 Å². The van der Waals surface area contributed by atoms with Gasteiger partial charge in [-0.15, -0.1) is 0 Å². The van der Waals surface area contributed by atoms with Crippen molar-refractivity contribution in [2.45, 2.75) is 12.0 Å². The van der Waals surface area contributed by atoms with E-state index in [1.54, 1.807) is 48.2 Å². The lowest BCUT2D eigenvalue weighted by atomic mass is 10.0. The van der Waals surface area contributed by atoms with Crippen molar-refractivity contribution < 1.29 is 18.7 Å². The SMILES string of the molecule is CO[C@@]1(COc2ccc(F)cc2)CCN(C(=O)c2nccn2C)C1. The van der Waals surface area contributed by atoms with Gasteiger partial charge >= 0.3 is 0 Å². The minimum atomic E-state index is -0.574. The van der Waals surface area contributed by atoms with Crippen molar-refractivity contribution in [1.82, 2.24) is 14.5 Å². The molecule has 3 rings (SSSR count). The first kappa shape index (κ1) is 16.4. The van der Waals surface area contributed by atoms with Crippen LogP contribution in [0.15, 0.2) is 36.7 Å². The number of likely N-dealkylation sites (tertiary alicyclic amines) is 1. The highest BCUT2D eigenvalue weighted by atomic mass is 19.1. The van der Waals surface area contributed by atoms with E-state index in [1.165, 1.54) is 12.1 Å². The molecule has 2 aromatic rings. The van der Waals surface area contributed by atoms with Gasteiger partial charge < -0.3 is 18.9 Å². The minimum absolute atomic E-state index is 0.122. The van der Waals surface area contributed by atoms with Crippen LogP contribution in [-0.2, 0) is 11.8 Å². The molecule has 0 bridgehead atoms. The summed E-state index contributed by atoms with van der Waals surface area (Å²) in [6.45, 7) is 1.29. The van der Waals surface area contributed by atoms with E-state index in [9.17, 15) is 9.18 Å². The number of halogens is 1. The number of nitrogens with zero attached hydrogens (tertiary/aromatic N) is 3. The second-order valence-electron chi connectivity index (χ2n) is 5.97. The van der Waals surface area contributed by atoms with Crippen molar-refractivity contribution in [2.24, 2.45) is 7.05 Å². The van der Waals surface area contributed by atoms with E-state index in [1.807, 2.05) is 0 Å². The Morgan fingerprint density at radius 3 is 2.75 bits per heavy atom. The summed E-state index contributed by atoms with van der Waals surface area (Å²) in [5.74, 6) is 0.544. The Bertz CT molecular complexity index is 716. The number of carbonyl (C=O) groups excluding carboxylic acids is 1. The molecule has 2 heterocycles. The van der Waals surface area contributed by atoms with Crippen LogP contribution >= 0.6 is 0 Å². The summed E-state index contributed by atoms with van der Waals surface area (Å²) in [6.07, 6.45) is 4.01. The largest absolute Gasteiger partial charge is 0.491 e. The highest BCUT2D eigenvalue weighted by molar-refractivity contribution is 5.91. The maximum Gasteiger partial charge on any atom is 0.289 e. The number of aromatic nitrogens is 2. The summed E-state index contributed by atoms with van der Waals surface area (Å²) in [5.41, 5.74) is -0.574. The molecule has 1 aromatic heterocycles. The van der Waals surface area contributed by atoms with Gasteiger partial charge in [0.05, 0.1) is 6.54 Å². The van der Waals surface area contributed by atoms with Crippen LogP contribution in [0.3, 0.4) is 0 Å². The summed E-state index contributed by atoms with van der Waals surface area (Å²) >= 11 is 0. The molecule has 0 radical (unpaired) electrons. The van der Waals surface area contributed by atoms with E-state index in [0.29, 0.717) is 37.7 Å². The van der Waals surface area contributed by atoms with Crippen molar-refractivity contribution >= 4 is 5.91 Å². The molecule has 1 saturated heterocycles. The number of ether oxygens (including phenoxy) is 2. The van der Waals surface area contributed by atoms with Crippen LogP contribution in [0.1, 0.15) is 17.0 Å². The van der Waals surface area contributed by atoms with Crippen LogP contribution in [0.2, 0.25) is 0 Å². The zero-order valence-corrected chi connectivity index (χ0v) is 13.7. The van der Waals surface area contributed by atoms with Crippen molar-refractivity contribution in [3.8, 4) is 5.75 Å². The molecular formula is C17H20FN3O3. The second-order valence-corrected chi connectivity index (χ2v) is 5.97. The van der Waals surface area contributed by atoms with Crippen molar-refractivity contribution in [3.63, 3.8) is 0 Å². The first-order chi connectivity index (χ1) is 11.5. The van der Waals surface area contributed by atoms with E-state index in [0.717, 1.165) is 0 Å². The lowest BCUT2D eigenvalue weighted by Crippen LogP contribution is -2.42. The number of amides is 1. The average molecular weight is 333 g/mol. The highest BCUT2D eigenvalue weighted by Gasteiger charge is 2.42. The molecule has 0 saturated carbocycles. The summed E-state index contributed by atoms with van der Waals surface area (Å²) in [7, 11) is 3.40. The van der Waals surface area contributed by atoms with E-state index >= 15 is 0 Å². The molecule has 1 aromatic carbocycles. The van der Waals surface area contributed by atoms with Crippen molar-refractivity contribution in [3.05, 3.63) is 48.3 Å². The molecule has 0 N–H and O–H groups in total. The van der Waals surface area contributed by atoms with E-state index < -0.39 is 5.60 Å². The predicted molar refractivity (Wildman–Crippen MR) is 85.4 cm³/mol. The lowest BCUT2D eigenvalue weighted by Gasteiger charge is -2.27. The molecule has 0 spiro atoms. The Morgan fingerprint density at radius 2 is 2.12 bits per heavy atom. The van der Waals surface area contributed by atoms with Gasteiger partial charge in [-0.2, -0.15) is 0 Å². The number of hydrogen-bond donors (Lipinski definition) is 0. The molecule has 1 aliphatic rings. The van der Waals surface area contributed by atoms with Gasteiger partial charge in [-0.3, -0.25) is 4.79 Å². The first-order valence-electron chi connectivity index (χ1n) is 7.73. The van der Waals surface area contributed by atoms with Crippen LogP contribution in [0.4, 0.5) is 4.39 Å². The number of carbonyl (C=O) groups is 1. The Balaban J connectivity index is 1.65.